The van der Waals surface area contributed by atoms with Crippen molar-refractivity contribution in [2.45, 2.75) is 26.8 Å². The molecule has 2 rings (SSSR count). The van der Waals surface area contributed by atoms with Crippen molar-refractivity contribution in [2.75, 3.05) is 19.3 Å². The molecule has 0 bridgehead atoms. The zero-order valence-corrected chi connectivity index (χ0v) is 12.2. The van der Waals surface area contributed by atoms with Crippen LogP contribution in [0.1, 0.15) is 26.0 Å². The molecule has 1 aromatic rings. The van der Waals surface area contributed by atoms with Gasteiger partial charge in [-0.15, -0.1) is 0 Å². The Morgan fingerprint density at radius 2 is 2.17 bits per heavy atom. The number of aliphatic imine (C=N–C) groups is 1. The molecule has 1 fully saturated rings. The van der Waals surface area contributed by atoms with Gasteiger partial charge in [-0.1, -0.05) is 25.6 Å². The summed E-state index contributed by atoms with van der Waals surface area (Å²) in [5.74, 6) is 2.45. The summed E-state index contributed by atoms with van der Waals surface area (Å²) in [5, 5.41) is 1.14. The van der Waals surface area contributed by atoms with E-state index in [-0.39, 0.29) is 0 Å². The molecule has 4 heteroatoms. The van der Waals surface area contributed by atoms with Gasteiger partial charge in [0.25, 0.3) is 0 Å². The number of piperidine rings is 1. The van der Waals surface area contributed by atoms with Crippen LogP contribution in [0.5, 0.6) is 0 Å². The number of amidine groups is 1. The van der Waals surface area contributed by atoms with Gasteiger partial charge in [-0.25, -0.2) is 0 Å². The summed E-state index contributed by atoms with van der Waals surface area (Å²) in [6, 6.07) is 3.89. The Hall–Kier alpha value is -0.900. The molecule has 1 aliphatic rings. The summed E-state index contributed by atoms with van der Waals surface area (Å²) < 4.78 is 5.32. The fraction of sp³-hybridized carbons (Fsp3) is 0.643. The largest absolute Gasteiger partial charge is 0.467 e. The number of nitrogens with zero attached hydrogens (tertiary/aromatic N) is 2. The van der Waals surface area contributed by atoms with Crippen LogP contribution < -0.4 is 0 Å². The van der Waals surface area contributed by atoms with E-state index >= 15 is 0 Å². The van der Waals surface area contributed by atoms with E-state index in [0.29, 0.717) is 6.54 Å². The van der Waals surface area contributed by atoms with Crippen molar-refractivity contribution in [2.24, 2.45) is 16.8 Å². The molecular formula is C14H22N2OS. The maximum absolute atomic E-state index is 5.32. The van der Waals surface area contributed by atoms with Gasteiger partial charge in [0.15, 0.2) is 5.17 Å². The van der Waals surface area contributed by atoms with Crippen LogP contribution in [0, 0.1) is 11.8 Å². The standard InChI is InChI=1S/C14H22N2OS/c1-11-7-12(2)10-16(9-11)14(18-3)15-8-13-5-4-6-17-13/h4-6,11-12H,7-10H2,1-3H3/t11-,12-/m0/s1. The summed E-state index contributed by atoms with van der Waals surface area (Å²) in [4.78, 5) is 7.11. The molecule has 18 heavy (non-hydrogen) atoms. The zero-order chi connectivity index (χ0) is 13.0. The summed E-state index contributed by atoms with van der Waals surface area (Å²) in [6.45, 7) is 7.55. The molecule has 0 saturated carbocycles. The van der Waals surface area contributed by atoms with Crippen molar-refractivity contribution in [3.63, 3.8) is 0 Å². The molecule has 2 heterocycles. The SMILES string of the molecule is CSC(=NCc1ccco1)N1C[C@@H](C)C[C@H](C)C1. The summed E-state index contributed by atoms with van der Waals surface area (Å²) in [6.07, 6.45) is 5.13. The molecule has 1 aliphatic heterocycles. The second kappa shape index (κ2) is 6.32. The van der Waals surface area contributed by atoms with Crippen molar-refractivity contribution in [1.82, 2.24) is 4.90 Å². The lowest BCUT2D eigenvalue weighted by Gasteiger charge is -2.36. The topological polar surface area (TPSA) is 28.7 Å². The molecule has 0 amide bonds. The second-order valence-corrected chi connectivity index (χ2v) is 6.01. The number of hydrogen-bond acceptors (Lipinski definition) is 3. The molecular weight excluding hydrogens is 244 g/mol. The van der Waals surface area contributed by atoms with Crippen LogP contribution in [0.25, 0.3) is 0 Å². The van der Waals surface area contributed by atoms with Crippen molar-refractivity contribution in [3.05, 3.63) is 24.2 Å². The van der Waals surface area contributed by atoms with Crippen LogP contribution in [0.15, 0.2) is 27.8 Å². The first-order valence-electron chi connectivity index (χ1n) is 6.54. The minimum absolute atomic E-state index is 0.641. The van der Waals surface area contributed by atoms with Gasteiger partial charge in [-0.3, -0.25) is 4.99 Å². The highest BCUT2D eigenvalue weighted by Gasteiger charge is 2.23. The van der Waals surface area contributed by atoms with Crippen LogP contribution in [0.4, 0.5) is 0 Å². The fourth-order valence-corrected chi connectivity index (χ4v) is 3.26. The molecule has 2 atom stereocenters. The van der Waals surface area contributed by atoms with Crippen molar-refractivity contribution >= 4 is 16.9 Å². The third-order valence-corrected chi connectivity index (χ3v) is 4.02. The highest BCUT2D eigenvalue weighted by molar-refractivity contribution is 8.13. The Morgan fingerprint density at radius 1 is 1.44 bits per heavy atom. The Morgan fingerprint density at radius 3 is 2.72 bits per heavy atom. The number of furan rings is 1. The quantitative estimate of drug-likeness (QED) is 0.606. The summed E-state index contributed by atoms with van der Waals surface area (Å²) >= 11 is 1.74. The van der Waals surface area contributed by atoms with Crippen LogP contribution in [0.3, 0.4) is 0 Å². The average Bonchev–Trinajstić information content (AvgIpc) is 2.81. The predicted molar refractivity (Wildman–Crippen MR) is 77.9 cm³/mol. The van der Waals surface area contributed by atoms with Crippen LogP contribution >= 0.6 is 11.8 Å². The number of likely N-dealkylation sites (tertiary alicyclic amines) is 1. The van der Waals surface area contributed by atoms with E-state index in [1.165, 1.54) is 6.42 Å². The zero-order valence-electron chi connectivity index (χ0n) is 11.4. The van der Waals surface area contributed by atoms with E-state index < -0.39 is 0 Å². The van der Waals surface area contributed by atoms with E-state index in [1.807, 2.05) is 12.1 Å². The first kappa shape index (κ1) is 13.5. The molecule has 0 unspecified atom stereocenters. The number of hydrogen-bond donors (Lipinski definition) is 0. The van der Waals surface area contributed by atoms with Crippen molar-refractivity contribution < 1.29 is 4.42 Å². The van der Waals surface area contributed by atoms with Gasteiger partial charge in [0.1, 0.15) is 5.76 Å². The summed E-state index contributed by atoms with van der Waals surface area (Å²) in [5.41, 5.74) is 0. The van der Waals surface area contributed by atoms with Gasteiger partial charge in [0.05, 0.1) is 12.8 Å². The van der Waals surface area contributed by atoms with E-state index in [0.717, 1.165) is 35.9 Å². The van der Waals surface area contributed by atoms with Crippen LogP contribution in [0.2, 0.25) is 0 Å². The van der Waals surface area contributed by atoms with E-state index in [1.54, 1.807) is 18.0 Å². The van der Waals surface area contributed by atoms with E-state index in [2.05, 4.69) is 30.0 Å². The van der Waals surface area contributed by atoms with Crippen LogP contribution in [-0.2, 0) is 6.54 Å². The van der Waals surface area contributed by atoms with Crippen LogP contribution in [-0.4, -0.2) is 29.4 Å². The molecule has 0 aromatic carbocycles. The first-order chi connectivity index (χ1) is 8.69. The molecule has 0 N–H and O–H groups in total. The maximum Gasteiger partial charge on any atom is 0.159 e. The molecule has 0 aliphatic carbocycles. The third kappa shape index (κ3) is 3.55. The van der Waals surface area contributed by atoms with Crippen molar-refractivity contribution in [1.29, 1.82) is 0 Å². The molecule has 1 saturated heterocycles. The van der Waals surface area contributed by atoms with Gasteiger partial charge < -0.3 is 9.32 Å². The van der Waals surface area contributed by atoms with Gasteiger partial charge in [-0.05, 0) is 36.6 Å². The Kier molecular flexibility index (Phi) is 4.75. The Bertz CT molecular complexity index is 379. The normalized spacial score (nSPS) is 25.5. The molecule has 3 nitrogen and oxygen atoms in total. The van der Waals surface area contributed by atoms with Gasteiger partial charge in [-0.2, -0.15) is 0 Å². The monoisotopic (exact) mass is 266 g/mol. The van der Waals surface area contributed by atoms with E-state index in [9.17, 15) is 0 Å². The lowest BCUT2D eigenvalue weighted by atomic mass is 9.92. The molecule has 1 aromatic heterocycles. The molecule has 0 radical (unpaired) electrons. The highest BCUT2D eigenvalue weighted by atomic mass is 32.2. The molecule has 0 spiro atoms. The lowest BCUT2D eigenvalue weighted by molar-refractivity contribution is 0.216. The fourth-order valence-electron chi connectivity index (χ4n) is 2.66. The second-order valence-electron chi connectivity index (χ2n) is 5.23. The predicted octanol–water partition coefficient (Wildman–Crippen LogP) is 3.48. The van der Waals surface area contributed by atoms with Gasteiger partial charge in [0.2, 0.25) is 0 Å². The summed E-state index contributed by atoms with van der Waals surface area (Å²) in [7, 11) is 0. The number of rotatable bonds is 2. The number of thioether (sulfide) groups is 1. The van der Waals surface area contributed by atoms with Gasteiger partial charge in [0, 0.05) is 13.1 Å². The average molecular weight is 266 g/mol. The smallest absolute Gasteiger partial charge is 0.159 e. The minimum atomic E-state index is 0.641. The van der Waals surface area contributed by atoms with Gasteiger partial charge >= 0.3 is 0 Å². The van der Waals surface area contributed by atoms with Crippen molar-refractivity contribution in [3.8, 4) is 0 Å². The maximum atomic E-state index is 5.32. The lowest BCUT2D eigenvalue weighted by Crippen LogP contribution is -2.41. The Balaban J connectivity index is 2.00. The van der Waals surface area contributed by atoms with E-state index in [4.69, 9.17) is 4.42 Å². The minimum Gasteiger partial charge on any atom is -0.467 e. The highest BCUT2D eigenvalue weighted by Crippen LogP contribution is 2.23. The molecule has 100 valence electrons. The third-order valence-electron chi connectivity index (χ3n) is 3.27. The first-order valence-corrected chi connectivity index (χ1v) is 7.77. The Labute approximate surface area is 114 Å².